The summed E-state index contributed by atoms with van der Waals surface area (Å²) in [5.74, 6) is 0.962. The van der Waals surface area contributed by atoms with Crippen molar-refractivity contribution in [3.63, 3.8) is 0 Å². The molecule has 0 aromatic carbocycles. The van der Waals surface area contributed by atoms with Gasteiger partial charge in [-0.1, -0.05) is 41.0 Å². The molecule has 1 saturated carbocycles. The molecule has 15 heavy (non-hydrogen) atoms. The Kier molecular flexibility index (Phi) is 9.18. The number of likely N-dealkylation sites (tertiary alicyclic amines) is 1. The highest BCUT2D eigenvalue weighted by Gasteiger charge is 2.27. The highest BCUT2D eigenvalue weighted by molar-refractivity contribution is 4.83. The van der Waals surface area contributed by atoms with Crippen molar-refractivity contribution < 1.29 is 0 Å². The van der Waals surface area contributed by atoms with Crippen molar-refractivity contribution in [2.45, 2.75) is 72.8 Å². The minimum atomic E-state index is 0.962. The topological polar surface area (TPSA) is 3.24 Å². The number of hydrogen-bond donors (Lipinski definition) is 0. The van der Waals surface area contributed by atoms with E-state index in [2.05, 4.69) is 11.8 Å². The van der Waals surface area contributed by atoms with Gasteiger partial charge in [-0.2, -0.15) is 0 Å². The molecule has 92 valence electrons. The Balaban J connectivity index is 0.000000442. The number of piperidine rings is 1. The van der Waals surface area contributed by atoms with Crippen LogP contribution in [0.25, 0.3) is 0 Å². The van der Waals surface area contributed by atoms with Gasteiger partial charge in [-0.15, -0.1) is 0 Å². The fourth-order valence-electron chi connectivity index (χ4n) is 2.31. The van der Waals surface area contributed by atoms with E-state index in [1.807, 2.05) is 27.7 Å². The van der Waals surface area contributed by atoms with Gasteiger partial charge in [0, 0.05) is 12.6 Å². The SMILES string of the molecule is CC.CC.CC1CCCN(C2CCC2)C1. The Morgan fingerprint density at radius 3 is 1.87 bits per heavy atom. The Bertz CT molecular complexity index is 129. The molecule has 1 nitrogen and oxygen atoms in total. The first-order valence-corrected chi connectivity index (χ1v) is 7.10. The Hall–Kier alpha value is -0.0400. The van der Waals surface area contributed by atoms with Crippen molar-refractivity contribution in [3.05, 3.63) is 0 Å². The van der Waals surface area contributed by atoms with E-state index in [1.54, 1.807) is 0 Å². The second-order valence-electron chi connectivity index (χ2n) is 4.33. The van der Waals surface area contributed by atoms with E-state index in [-0.39, 0.29) is 0 Å². The third-order valence-corrected chi connectivity index (χ3v) is 3.28. The van der Waals surface area contributed by atoms with Gasteiger partial charge in [-0.3, -0.25) is 0 Å². The summed E-state index contributed by atoms with van der Waals surface area (Å²) in [6, 6.07) is 0.984. The van der Waals surface area contributed by atoms with E-state index in [9.17, 15) is 0 Å². The summed E-state index contributed by atoms with van der Waals surface area (Å²) in [6.07, 6.45) is 7.34. The molecule has 1 aliphatic heterocycles. The van der Waals surface area contributed by atoms with Crippen molar-refractivity contribution in [3.8, 4) is 0 Å². The summed E-state index contributed by atoms with van der Waals surface area (Å²) in [5, 5.41) is 0. The highest BCUT2D eigenvalue weighted by Crippen LogP contribution is 2.28. The largest absolute Gasteiger partial charge is 0.300 e. The van der Waals surface area contributed by atoms with E-state index in [4.69, 9.17) is 0 Å². The fourth-order valence-corrected chi connectivity index (χ4v) is 2.31. The molecule has 2 aliphatic rings. The molecule has 0 amide bonds. The molecule has 2 fully saturated rings. The number of hydrogen-bond acceptors (Lipinski definition) is 1. The van der Waals surface area contributed by atoms with Crippen molar-refractivity contribution in [2.24, 2.45) is 5.92 Å². The number of nitrogens with zero attached hydrogens (tertiary/aromatic N) is 1. The molecule has 0 aromatic heterocycles. The van der Waals surface area contributed by atoms with Crippen molar-refractivity contribution in [1.29, 1.82) is 0 Å². The maximum absolute atomic E-state index is 2.72. The molecule has 0 spiro atoms. The van der Waals surface area contributed by atoms with Gasteiger partial charge in [0.15, 0.2) is 0 Å². The zero-order valence-corrected chi connectivity index (χ0v) is 11.6. The lowest BCUT2D eigenvalue weighted by Crippen LogP contribution is -2.45. The van der Waals surface area contributed by atoms with E-state index < -0.39 is 0 Å². The van der Waals surface area contributed by atoms with Crippen LogP contribution in [0.2, 0.25) is 0 Å². The first-order valence-electron chi connectivity index (χ1n) is 7.10. The third-order valence-electron chi connectivity index (χ3n) is 3.28. The second kappa shape index (κ2) is 9.21. The normalized spacial score (nSPS) is 26.6. The fraction of sp³-hybridized carbons (Fsp3) is 1.00. The molecule has 1 heteroatoms. The van der Waals surface area contributed by atoms with Gasteiger partial charge in [0.2, 0.25) is 0 Å². The zero-order chi connectivity index (χ0) is 11.7. The first kappa shape index (κ1) is 15.0. The van der Waals surface area contributed by atoms with Gasteiger partial charge in [0.25, 0.3) is 0 Å². The lowest BCUT2D eigenvalue weighted by Gasteiger charge is -2.41. The average Bonchev–Trinajstić information content (AvgIpc) is 2.21. The standard InChI is InChI=1S/C10H19N.2C2H6/c1-9-4-3-7-11(8-9)10-5-2-6-10;2*1-2/h9-10H,2-8H2,1H3;2*1-2H3. The minimum Gasteiger partial charge on any atom is -0.300 e. The first-order chi connectivity index (χ1) is 7.36. The van der Waals surface area contributed by atoms with Crippen LogP contribution in [-0.4, -0.2) is 24.0 Å². The lowest BCUT2D eigenvalue weighted by atomic mass is 9.88. The quantitative estimate of drug-likeness (QED) is 0.627. The van der Waals surface area contributed by atoms with Gasteiger partial charge < -0.3 is 4.90 Å². The van der Waals surface area contributed by atoms with Crippen LogP contribution >= 0.6 is 0 Å². The van der Waals surface area contributed by atoms with Gasteiger partial charge in [0.1, 0.15) is 0 Å². The van der Waals surface area contributed by atoms with Crippen molar-refractivity contribution in [2.75, 3.05) is 13.1 Å². The van der Waals surface area contributed by atoms with Gasteiger partial charge in [-0.25, -0.2) is 0 Å². The summed E-state index contributed by atoms with van der Waals surface area (Å²) in [7, 11) is 0. The summed E-state index contributed by atoms with van der Waals surface area (Å²) < 4.78 is 0. The molecule has 1 unspecified atom stereocenters. The molecule has 2 rings (SSSR count). The molecule has 0 N–H and O–H groups in total. The van der Waals surface area contributed by atoms with Crippen LogP contribution in [0, 0.1) is 5.92 Å². The Labute approximate surface area is 97.2 Å². The molecule has 1 saturated heterocycles. The Morgan fingerprint density at radius 1 is 0.867 bits per heavy atom. The van der Waals surface area contributed by atoms with Crippen LogP contribution in [-0.2, 0) is 0 Å². The average molecular weight is 213 g/mol. The lowest BCUT2D eigenvalue weighted by molar-refractivity contribution is 0.0817. The maximum Gasteiger partial charge on any atom is 0.00953 e. The maximum atomic E-state index is 2.72. The molecule has 1 heterocycles. The van der Waals surface area contributed by atoms with Crippen molar-refractivity contribution >= 4 is 0 Å². The van der Waals surface area contributed by atoms with E-state index in [0.717, 1.165) is 12.0 Å². The van der Waals surface area contributed by atoms with Crippen LogP contribution in [0.15, 0.2) is 0 Å². The third kappa shape index (κ3) is 5.01. The molecular formula is C14H31N. The summed E-state index contributed by atoms with van der Waals surface area (Å²) in [6.45, 7) is 13.2. The molecule has 0 aromatic rings. The monoisotopic (exact) mass is 213 g/mol. The predicted molar refractivity (Wildman–Crippen MR) is 70.3 cm³/mol. The van der Waals surface area contributed by atoms with Crippen LogP contribution in [0.3, 0.4) is 0 Å². The predicted octanol–water partition coefficient (Wildman–Crippen LogP) is 4.32. The van der Waals surface area contributed by atoms with E-state index in [0.29, 0.717) is 0 Å². The number of rotatable bonds is 1. The molecule has 0 bridgehead atoms. The van der Waals surface area contributed by atoms with Gasteiger partial charge >= 0.3 is 0 Å². The van der Waals surface area contributed by atoms with Gasteiger partial charge in [-0.05, 0) is 38.1 Å². The summed E-state index contributed by atoms with van der Waals surface area (Å²) in [5.41, 5.74) is 0. The zero-order valence-electron chi connectivity index (χ0n) is 11.6. The molecule has 1 aliphatic carbocycles. The van der Waals surface area contributed by atoms with Crippen LogP contribution in [0.1, 0.15) is 66.7 Å². The van der Waals surface area contributed by atoms with Crippen LogP contribution in [0.4, 0.5) is 0 Å². The van der Waals surface area contributed by atoms with Crippen LogP contribution < -0.4 is 0 Å². The summed E-state index contributed by atoms with van der Waals surface area (Å²) in [4.78, 5) is 2.72. The molecular weight excluding hydrogens is 182 g/mol. The highest BCUT2D eigenvalue weighted by atomic mass is 15.2. The summed E-state index contributed by atoms with van der Waals surface area (Å²) >= 11 is 0. The smallest absolute Gasteiger partial charge is 0.00953 e. The van der Waals surface area contributed by atoms with Crippen molar-refractivity contribution in [1.82, 2.24) is 4.90 Å². The second-order valence-corrected chi connectivity index (χ2v) is 4.33. The van der Waals surface area contributed by atoms with Crippen LogP contribution in [0.5, 0.6) is 0 Å². The van der Waals surface area contributed by atoms with E-state index >= 15 is 0 Å². The van der Waals surface area contributed by atoms with E-state index in [1.165, 1.54) is 45.2 Å². The molecule has 1 atom stereocenters. The van der Waals surface area contributed by atoms with Gasteiger partial charge in [0.05, 0.1) is 0 Å². The molecule has 0 radical (unpaired) electrons. The Morgan fingerprint density at radius 2 is 1.47 bits per heavy atom. The minimum absolute atomic E-state index is 0.962.